The quantitative estimate of drug-likeness (QED) is 0.772. The second-order valence-electron chi connectivity index (χ2n) is 8.63. The molecule has 2 aromatic rings. The van der Waals surface area contributed by atoms with Crippen molar-refractivity contribution in [3.05, 3.63) is 58.4 Å². The van der Waals surface area contributed by atoms with Crippen LogP contribution in [0.4, 0.5) is 0 Å². The second-order valence-corrected chi connectivity index (χ2v) is 8.63. The first-order valence-corrected chi connectivity index (χ1v) is 9.63. The fourth-order valence-electron chi connectivity index (χ4n) is 4.04. The summed E-state index contributed by atoms with van der Waals surface area (Å²) in [6.45, 7) is 10.9. The lowest BCUT2D eigenvalue weighted by Crippen LogP contribution is -2.41. The molecule has 28 heavy (non-hydrogen) atoms. The summed E-state index contributed by atoms with van der Waals surface area (Å²) in [5, 5.41) is 10.7. The van der Waals surface area contributed by atoms with Crippen molar-refractivity contribution in [1.82, 2.24) is 4.98 Å². The molecule has 1 aromatic carbocycles. The molecule has 2 heterocycles. The molecule has 0 N–H and O–H groups in total. The maximum absolute atomic E-state index is 10.7. The van der Waals surface area contributed by atoms with Gasteiger partial charge in [0.1, 0.15) is 17.0 Å². The SMILES string of the molecule is CCc1cc2c(cc1C#Cc1ccc(CC(=O)[O-])cn1)C(C)(C)CC(C)(C)O2. The smallest absolute Gasteiger partial charge is 0.124 e. The Balaban J connectivity index is 1.96. The Morgan fingerprint density at radius 1 is 1.21 bits per heavy atom. The van der Waals surface area contributed by atoms with E-state index in [1.165, 1.54) is 11.8 Å². The maximum atomic E-state index is 10.7. The molecule has 0 saturated heterocycles. The fourth-order valence-corrected chi connectivity index (χ4v) is 4.04. The summed E-state index contributed by atoms with van der Waals surface area (Å²) in [6.07, 6.45) is 3.19. The van der Waals surface area contributed by atoms with Crippen molar-refractivity contribution in [1.29, 1.82) is 0 Å². The Kier molecular flexibility index (Phi) is 5.21. The highest BCUT2D eigenvalue weighted by Gasteiger charge is 2.39. The molecule has 0 unspecified atom stereocenters. The maximum Gasteiger partial charge on any atom is 0.124 e. The van der Waals surface area contributed by atoms with Crippen LogP contribution in [0.5, 0.6) is 5.75 Å². The van der Waals surface area contributed by atoms with Crippen LogP contribution < -0.4 is 9.84 Å². The van der Waals surface area contributed by atoms with Gasteiger partial charge in [-0.1, -0.05) is 32.8 Å². The molecular formula is C24H26NO3-. The number of fused-ring (bicyclic) bond motifs is 1. The summed E-state index contributed by atoms with van der Waals surface area (Å²) in [7, 11) is 0. The van der Waals surface area contributed by atoms with Crippen LogP contribution in [0.25, 0.3) is 0 Å². The standard InChI is InChI=1S/C24H27NO3/c1-6-17-13-21-20(23(2,3)15-24(4,5)28-21)12-18(17)8-10-19-9-7-16(14-25-19)11-22(26)27/h7,9,12-14H,6,11,15H2,1-5H3,(H,26,27)/p-1. The largest absolute Gasteiger partial charge is 0.550 e. The molecule has 0 bridgehead atoms. The van der Waals surface area contributed by atoms with E-state index in [9.17, 15) is 9.90 Å². The third-order valence-electron chi connectivity index (χ3n) is 5.07. The van der Waals surface area contributed by atoms with Gasteiger partial charge in [0, 0.05) is 29.7 Å². The number of carboxylic acid groups (broad SMARTS) is 1. The number of carboxylic acids is 1. The average Bonchev–Trinajstić information content (AvgIpc) is 2.58. The first-order chi connectivity index (χ1) is 13.1. The van der Waals surface area contributed by atoms with E-state index in [1.54, 1.807) is 12.1 Å². The van der Waals surface area contributed by atoms with Gasteiger partial charge in [-0.15, -0.1) is 0 Å². The lowest BCUT2D eigenvalue weighted by atomic mass is 9.73. The average molecular weight is 376 g/mol. The van der Waals surface area contributed by atoms with Gasteiger partial charge in [0.2, 0.25) is 0 Å². The highest BCUT2D eigenvalue weighted by molar-refractivity contribution is 5.67. The Hall–Kier alpha value is -2.80. The molecule has 0 fully saturated rings. The van der Waals surface area contributed by atoms with Gasteiger partial charge in [-0.25, -0.2) is 4.98 Å². The van der Waals surface area contributed by atoms with Gasteiger partial charge in [-0.05, 0) is 67.4 Å². The molecule has 0 spiro atoms. The van der Waals surface area contributed by atoms with Crippen LogP contribution in [0, 0.1) is 11.8 Å². The number of hydrogen-bond acceptors (Lipinski definition) is 4. The van der Waals surface area contributed by atoms with E-state index in [0.29, 0.717) is 11.3 Å². The molecular weight excluding hydrogens is 350 g/mol. The lowest BCUT2D eigenvalue weighted by Gasteiger charge is -2.42. The molecule has 1 aliphatic heterocycles. The van der Waals surface area contributed by atoms with Gasteiger partial charge in [0.15, 0.2) is 0 Å². The molecule has 146 valence electrons. The summed E-state index contributed by atoms with van der Waals surface area (Å²) in [6, 6.07) is 7.74. The molecule has 4 nitrogen and oxygen atoms in total. The summed E-state index contributed by atoms with van der Waals surface area (Å²) >= 11 is 0. The van der Waals surface area contributed by atoms with Crippen molar-refractivity contribution < 1.29 is 14.6 Å². The zero-order valence-electron chi connectivity index (χ0n) is 17.2. The number of aromatic nitrogens is 1. The molecule has 0 atom stereocenters. The molecule has 0 amide bonds. The number of aryl methyl sites for hydroxylation is 1. The molecule has 0 saturated carbocycles. The zero-order chi connectivity index (χ0) is 20.5. The summed E-state index contributed by atoms with van der Waals surface area (Å²) < 4.78 is 6.25. The second kappa shape index (κ2) is 7.31. The number of pyridine rings is 1. The van der Waals surface area contributed by atoms with E-state index in [1.807, 2.05) is 0 Å². The molecule has 0 radical (unpaired) electrons. The van der Waals surface area contributed by atoms with Gasteiger partial charge in [0.05, 0.1) is 0 Å². The number of benzene rings is 1. The lowest BCUT2D eigenvalue weighted by molar-refractivity contribution is -0.304. The highest BCUT2D eigenvalue weighted by Crippen LogP contribution is 2.45. The van der Waals surface area contributed by atoms with Crippen LogP contribution in [0.3, 0.4) is 0 Å². The van der Waals surface area contributed by atoms with Crippen molar-refractivity contribution in [3.63, 3.8) is 0 Å². The van der Waals surface area contributed by atoms with Crippen LogP contribution in [-0.2, 0) is 23.1 Å². The van der Waals surface area contributed by atoms with Crippen molar-refractivity contribution in [2.75, 3.05) is 0 Å². The molecule has 4 heteroatoms. The van der Waals surface area contributed by atoms with Gasteiger partial charge in [-0.3, -0.25) is 0 Å². The van der Waals surface area contributed by atoms with Crippen molar-refractivity contribution in [2.45, 2.75) is 64.9 Å². The zero-order valence-corrected chi connectivity index (χ0v) is 17.2. The van der Waals surface area contributed by atoms with Crippen LogP contribution >= 0.6 is 0 Å². The van der Waals surface area contributed by atoms with Gasteiger partial charge in [-0.2, -0.15) is 0 Å². The fraction of sp³-hybridized carbons (Fsp3) is 0.417. The summed E-state index contributed by atoms with van der Waals surface area (Å²) in [4.78, 5) is 14.9. The van der Waals surface area contributed by atoms with E-state index in [-0.39, 0.29) is 17.4 Å². The van der Waals surface area contributed by atoms with E-state index in [4.69, 9.17) is 4.74 Å². The number of carbonyl (C=O) groups is 1. The molecule has 0 aliphatic carbocycles. The number of carbonyl (C=O) groups excluding carboxylic acids is 1. The Labute approximate surface area is 167 Å². The Morgan fingerprint density at radius 3 is 2.57 bits per heavy atom. The number of nitrogens with zero attached hydrogens (tertiary/aromatic N) is 1. The minimum atomic E-state index is -1.12. The van der Waals surface area contributed by atoms with Crippen molar-refractivity contribution in [3.8, 4) is 17.6 Å². The summed E-state index contributed by atoms with van der Waals surface area (Å²) in [5.74, 6) is 6.19. The summed E-state index contributed by atoms with van der Waals surface area (Å²) in [5.41, 5.74) is 4.35. The first-order valence-electron chi connectivity index (χ1n) is 9.63. The van der Waals surface area contributed by atoms with Crippen molar-refractivity contribution >= 4 is 5.97 Å². The minimum Gasteiger partial charge on any atom is -0.550 e. The highest BCUT2D eigenvalue weighted by atomic mass is 16.5. The predicted octanol–water partition coefficient (Wildman–Crippen LogP) is 3.17. The Morgan fingerprint density at radius 2 is 1.96 bits per heavy atom. The predicted molar refractivity (Wildman–Crippen MR) is 107 cm³/mol. The number of aliphatic carboxylic acids is 1. The third-order valence-corrected chi connectivity index (χ3v) is 5.07. The minimum absolute atomic E-state index is 0.00451. The van der Waals surface area contributed by atoms with Gasteiger partial charge < -0.3 is 14.6 Å². The monoisotopic (exact) mass is 376 g/mol. The van der Waals surface area contributed by atoms with E-state index < -0.39 is 5.97 Å². The molecule has 1 aliphatic rings. The van der Waals surface area contributed by atoms with Gasteiger partial charge >= 0.3 is 0 Å². The van der Waals surface area contributed by atoms with E-state index in [0.717, 1.165) is 29.7 Å². The number of ether oxygens (including phenoxy) is 1. The van der Waals surface area contributed by atoms with Crippen LogP contribution in [0.1, 0.15) is 69.0 Å². The van der Waals surface area contributed by atoms with E-state index in [2.05, 4.69) is 63.6 Å². The van der Waals surface area contributed by atoms with Gasteiger partial charge in [0.25, 0.3) is 0 Å². The topological polar surface area (TPSA) is 62.2 Å². The molecule has 1 aromatic heterocycles. The van der Waals surface area contributed by atoms with E-state index >= 15 is 0 Å². The van der Waals surface area contributed by atoms with Crippen LogP contribution in [0.15, 0.2) is 30.5 Å². The Bertz CT molecular complexity index is 960. The molecule has 3 rings (SSSR count). The normalized spacial score (nSPS) is 16.3. The van der Waals surface area contributed by atoms with Crippen molar-refractivity contribution in [2.24, 2.45) is 0 Å². The number of hydrogen-bond donors (Lipinski definition) is 0. The van der Waals surface area contributed by atoms with Crippen LogP contribution in [0.2, 0.25) is 0 Å². The third kappa shape index (κ3) is 4.36. The van der Waals surface area contributed by atoms with Crippen LogP contribution in [-0.4, -0.2) is 16.6 Å². The number of rotatable bonds is 3. The first kappa shape index (κ1) is 19.9.